The van der Waals surface area contributed by atoms with E-state index in [4.69, 9.17) is 0 Å². The third-order valence-electron chi connectivity index (χ3n) is 2.67. The van der Waals surface area contributed by atoms with E-state index < -0.39 is 11.6 Å². The molecule has 1 aliphatic rings. The molecule has 0 unspecified atom stereocenters. The van der Waals surface area contributed by atoms with Gasteiger partial charge in [-0.2, -0.15) is 0 Å². The quantitative estimate of drug-likeness (QED) is 0.710. The first kappa shape index (κ1) is 9.31. The molecule has 1 saturated carbocycles. The van der Waals surface area contributed by atoms with Gasteiger partial charge in [0, 0.05) is 5.92 Å². The standard InChI is InChI=1S/C11H10F2O/c1-6(14)8-5-9(8)10-4-7(12)2-3-11(10)13/h2-4,8-9H,5H2,1H3/t8-,9+/m0/s1. The number of ketones is 1. The Labute approximate surface area is 80.7 Å². The van der Waals surface area contributed by atoms with Gasteiger partial charge in [0.2, 0.25) is 0 Å². The Morgan fingerprint density at radius 3 is 2.71 bits per heavy atom. The van der Waals surface area contributed by atoms with E-state index in [1.54, 1.807) is 0 Å². The van der Waals surface area contributed by atoms with Gasteiger partial charge in [-0.1, -0.05) is 0 Å². The maximum Gasteiger partial charge on any atom is 0.133 e. The van der Waals surface area contributed by atoms with Crippen LogP contribution in [0.4, 0.5) is 8.78 Å². The molecule has 1 nitrogen and oxygen atoms in total. The lowest BCUT2D eigenvalue weighted by Gasteiger charge is -2.00. The lowest BCUT2D eigenvalue weighted by Crippen LogP contribution is -1.97. The summed E-state index contributed by atoms with van der Waals surface area (Å²) < 4.78 is 26.0. The normalized spacial score (nSPS) is 24.8. The first-order chi connectivity index (χ1) is 6.59. The van der Waals surface area contributed by atoms with E-state index in [0.29, 0.717) is 12.0 Å². The molecule has 1 aliphatic carbocycles. The van der Waals surface area contributed by atoms with Crippen molar-refractivity contribution >= 4 is 5.78 Å². The van der Waals surface area contributed by atoms with E-state index in [9.17, 15) is 13.6 Å². The molecule has 0 bridgehead atoms. The second-order valence-corrected chi connectivity index (χ2v) is 3.73. The highest BCUT2D eigenvalue weighted by Gasteiger charge is 2.43. The monoisotopic (exact) mass is 196 g/mol. The van der Waals surface area contributed by atoms with Crippen molar-refractivity contribution in [3.8, 4) is 0 Å². The fourth-order valence-corrected chi connectivity index (χ4v) is 1.79. The van der Waals surface area contributed by atoms with Gasteiger partial charge in [0.15, 0.2) is 0 Å². The number of carbonyl (C=O) groups is 1. The highest BCUT2D eigenvalue weighted by atomic mass is 19.1. The number of hydrogen-bond donors (Lipinski definition) is 0. The highest BCUT2D eigenvalue weighted by molar-refractivity contribution is 5.82. The average Bonchev–Trinajstić information content (AvgIpc) is 2.88. The second kappa shape index (κ2) is 3.15. The van der Waals surface area contributed by atoms with Gasteiger partial charge in [-0.25, -0.2) is 8.78 Å². The van der Waals surface area contributed by atoms with Crippen LogP contribution in [0.25, 0.3) is 0 Å². The van der Waals surface area contributed by atoms with Crippen LogP contribution in [0, 0.1) is 17.6 Å². The summed E-state index contributed by atoms with van der Waals surface area (Å²) in [6, 6.07) is 3.38. The van der Waals surface area contributed by atoms with Gasteiger partial charge in [0.25, 0.3) is 0 Å². The molecule has 14 heavy (non-hydrogen) atoms. The molecule has 0 radical (unpaired) electrons. The number of hydrogen-bond acceptors (Lipinski definition) is 1. The van der Waals surface area contributed by atoms with Crippen LogP contribution in [0.5, 0.6) is 0 Å². The largest absolute Gasteiger partial charge is 0.300 e. The minimum absolute atomic E-state index is 0.0543. The first-order valence-corrected chi connectivity index (χ1v) is 4.55. The molecule has 0 spiro atoms. The lowest BCUT2D eigenvalue weighted by atomic mass is 10.1. The molecule has 74 valence electrons. The van der Waals surface area contributed by atoms with E-state index in [0.717, 1.165) is 12.1 Å². The van der Waals surface area contributed by atoms with Crippen molar-refractivity contribution in [1.29, 1.82) is 0 Å². The fraction of sp³-hybridized carbons (Fsp3) is 0.364. The van der Waals surface area contributed by atoms with Crippen LogP contribution in [-0.4, -0.2) is 5.78 Å². The van der Waals surface area contributed by atoms with Crippen LogP contribution in [0.15, 0.2) is 18.2 Å². The van der Waals surface area contributed by atoms with E-state index in [2.05, 4.69) is 0 Å². The van der Waals surface area contributed by atoms with Crippen LogP contribution in [0.1, 0.15) is 24.8 Å². The van der Waals surface area contributed by atoms with Crippen molar-refractivity contribution in [2.75, 3.05) is 0 Å². The van der Waals surface area contributed by atoms with Gasteiger partial charge in [-0.3, -0.25) is 4.79 Å². The molecule has 1 aromatic carbocycles. The van der Waals surface area contributed by atoms with Crippen LogP contribution in [0.2, 0.25) is 0 Å². The van der Waals surface area contributed by atoms with E-state index >= 15 is 0 Å². The molecule has 1 aromatic rings. The molecule has 0 N–H and O–H groups in total. The SMILES string of the molecule is CC(=O)[C@@H]1C[C@H]1c1cc(F)ccc1F. The summed E-state index contributed by atoms with van der Waals surface area (Å²) in [5.74, 6) is -1.02. The molecule has 0 heterocycles. The number of benzene rings is 1. The number of Topliss-reactive ketones (excluding diaryl/α,β-unsaturated/α-hetero) is 1. The maximum absolute atomic E-state index is 13.2. The van der Waals surface area contributed by atoms with E-state index in [1.807, 2.05) is 0 Å². The Bertz CT molecular complexity index is 387. The molecule has 0 aromatic heterocycles. The summed E-state index contributed by atoms with van der Waals surface area (Å²) in [6.07, 6.45) is 0.649. The number of halogens is 2. The van der Waals surface area contributed by atoms with Crippen LogP contribution < -0.4 is 0 Å². The highest BCUT2D eigenvalue weighted by Crippen LogP contribution is 2.48. The van der Waals surface area contributed by atoms with Crippen molar-refractivity contribution in [3.63, 3.8) is 0 Å². The lowest BCUT2D eigenvalue weighted by molar-refractivity contribution is -0.118. The molecule has 2 atom stereocenters. The Hall–Kier alpha value is -1.25. The minimum atomic E-state index is -0.449. The zero-order chi connectivity index (χ0) is 10.3. The molecular weight excluding hydrogens is 186 g/mol. The molecule has 2 rings (SSSR count). The molecule has 0 saturated heterocycles. The van der Waals surface area contributed by atoms with Crippen molar-refractivity contribution in [2.24, 2.45) is 5.92 Å². The predicted molar refractivity (Wildman–Crippen MR) is 47.9 cm³/mol. The van der Waals surface area contributed by atoms with Gasteiger partial charge in [-0.15, -0.1) is 0 Å². The van der Waals surface area contributed by atoms with Crippen molar-refractivity contribution in [1.82, 2.24) is 0 Å². The molecule has 0 aliphatic heterocycles. The van der Waals surface area contributed by atoms with E-state index in [-0.39, 0.29) is 17.6 Å². The molecule has 3 heteroatoms. The summed E-state index contributed by atoms with van der Waals surface area (Å²) in [6.45, 7) is 1.49. The van der Waals surface area contributed by atoms with Crippen LogP contribution in [0.3, 0.4) is 0 Å². The zero-order valence-electron chi connectivity index (χ0n) is 7.76. The van der Waals surface area contributed by atoms with E-state index in [1.165, 1.54) is 13.0 Å². The van der Waals surface area contributed by atoms with Gasteiger partial charge in [0.1, 0.15) is 17.4 Å². The summed E-state index contributed by atoms with van der Waals surface area (Å²) in [4.78, 5) is 11.0. The predicted octanol–water partition coefficient (Wildman–Crippen LogP) is 2.66. The average molecular weight is 196 g/mol. The van der Waals surface area contributed by atoms with Gasteiger partial charge >= 0.3 is 0 Å². The number of rotatable bonds is 2. The maximum atomic E-state index is 13.2. The van der Waals surface area contributed by atoms with Crippen LogP contribution in [-0.2, 0) is 4.79 Å². The van der Waals surface area contributed by atoms with Crippen molar-refractivity contribution < 1.29 is 13.6 Å². The fourth-order valence-electron chi connectivity index (χ4n) is 1.79. The Morgan fingerprint density at radius 1 is 1.43 bits per heavy atom. The topological polar surface area (TPSA) is 17.1 Å². The van der Waals surface area contributed by atoms with Crippen molar-refractivity contribution in [3.05, 3.63) is 35.4 Å². The summed E-state index contributed by atoms with van der Waals surface area (Å²) in [7, 11) is 0. The van der Waals surface area contributed by atoms with Crippen molar-refractivity contribution in [2.45, 2.75) is 19.3 Å². The Morgan fingerprint density at radius 2 is 2.14 bits per heavy atom. The second-order valence-electron chi connectivity index (χ2n) is 3.73. The van der Waals surface area contributed by atoms with Gasteiger partial charge in [0.05, 0.1) is 0 Å². The minimum Gasteiger partial charge on any atom is -0.300 e. The third-order valence-corrected chi connectivity index (χ3v) is 2.67. The van der Waals surface area contributed by atoms with Gasteiger partial charge in [-0.05, 0) is 43.0 Å². The first-order valence-electron chi connectivity index (χ1n) is 4.55. The summed E-state index contributed by atoms with van der Waals surface area (Å²) in [5.41, 5.74) is 0.338. The van der Waals surface area contributed by atoms with Gasteiger partial charge < -0.3 is 0 Å². The zero-order valence-corrected chi connectivity index (χ0v) is 7.76. The van der Waals surface area contributed by atoms with Crippen LogP contribution >= 0.6 is 0 Å². The number of carbonyl (C=O) groups excluding carboxylic acids is 1. The summed E-state index contributed by atoms with van der Waals surface area (Å²) in [5, 5.41) is 0. The third kappa shape index (κ3) is 1.54. The molecular formula is C11H10F2O. The molecule has 0 amide bonds. The smallest absolute Gasteiger partial charge is 0.133 e. The molecule has 1 fully saturated rings. The Balaban J connectivity index is 2.26. The summed E-state index contributed by atoms with van der Waals surface area (Å²) >= 11 is 0. The Kier molecular flexibility index (Phi) is 2.10.